The van der Waals surface area contributed by atoms with Crippen molar-refractivity contribution in [2.24, 2.45) is 0 Å². The fraction of sp³-hybridized carbons (Fsp3) is 1.00. The van der Waals surface area contributed by atoms with E-state index in [-0.39, 0.29) is 4.70 Å². The lowest BCUT2D eigenvalue weighted by molar-refractivity contribution is 0.984. The molecule has 0 bridgehead atoms. The third kappa shape index (κ3) is 5.23. The first-order valence-electron chi connectivity index (χ1n) is 1.65. The van der Waals surface area contributed by atoms with E-state index in [0.29, 0.717) is 0 Å². The van der Waals surface area contributed by atoms with E-state index in [2.05, 4.69) is 0 Å². The Morgan fingerprint density at radius 1 is 1.25 bits per heavy atom. The normalized spacial score (nSPS) is 14.6. The molecule has 0 aliphatic carbocycles. The monoisotopic (exact) mass is 200 g/mol. The van der Waals surface area contributed by atoms with Gasteiger partial charge in [0.15, 0.2) is 0 Å². The minimum atomic E-state index is -1.32. The fourth-order valence-corrected chi connectivity index (χ4v) is 0. The first-order chi connectivity index (χ1) is 2.94. The summed E-state index contributed by atoms with van der Waals surface area (Å²) in [6, 6.07) is 0. The molecule has 0 aromatic carbocycles. The number of hydrogen-bond acceptors (Lipinski definition) is 0. The number of rotatable bonds is 0. The van der Waals surface area contributed by atoms with Crippen molar-refractivity contribution in [3.63, 3.8) is 0 Å². The maximum absolute atomic E-state index is 5.36. The van der Waals surface area contributed by atoms with E-state index >= 15 is 0 Å². The largest absolute Gasteiger partial charge is 0.269 e. The summed E-state index contributed by atoms with van der Waals surface area (Å²) >= 11 is 21.2. The highest BCUT2D eigenvalue weighted by molar-refractivity contribution is 6.70. The predicted octanol–water partition coefficient (Wildman–Crippen LogP) is 3.14. The maximum Gasteiger partial charge on any atom is 0.206 e. The van der Waals surface area contributed by atoms with Gasteiger partial charge in [-0.1, -0.05) is 34.8 Å². The maximum atomic E-state index is 5.36. The van der Waals surface area contributed by atoms with E-state index in [1.807, 2.05) is 0 Å². The number of alkyl halides is 4. The van der Waals surface area contributed by atoms with Crippen LogP contribution in [0.2, 0.25) is 0 Å². The van der Waals surface area contributed by atoms with Crippen LogP contribution in [0.1, 0.15) is 6.92 Å². The van der Waals surface area contributed by atoms with Crippen LogP contribution in [0.4, 0.5) is 4.70 Å². The van der Waals surface area contributed by atoms with Gasteiger partial charge in [-0.2, -0.15) is 0 Å². The van der Waals surface area contributed by atoms with Crippen molar-refractivity contribution in [2.75, 3.05) is 0 Å². The van der Waals surface area contributed by atoms with Crippen LogP contribution in [0.5, 0.6) is 0 Å². The van der Waals surface area contributed by atoms with Gasteiger partial charge in [0.1, 0.15) is 0 Å². The molecule has 1 atom stereocenters. The van der Waals surface area contributed by atoms with Gasteiger partial charge in [-0.15, -0.1) is 11.6 Å². The van der Waals surface area contributed by atoms with Crippen molar-refractivity contribution in [1.29, 1.82) is 0 Å². The summed E-state index contributed by atoms with van der Waals surface area (Å²) in [6.45, 7) is 1.62. The molecule has 0 aliphatic rings. The van der Waals surface area contributed by atoms with E-state index in [0.717, 1.165) is 0 Å². The molecule has 5 heteroatoms. The zero-order valence-electron chi connectivity index (χ0n) is 4.00. The Balaban J connectivity index is 0. The molecule has 0 fully saturated rings. The second-order valence-electron chi connectivity index (χ2n) is 1.16. The summed E-state index contributed by atoms with van der Waals surface area (Å²) in [7, 11) is 0. The lowest BCUT2D eigenvalue weighted by atomic mass is 10.5. The van der Waals surface area contributed by atoms with E-state index in [1.54, 1.807) is 6.92 Å². The summed E-state index contributed by atoms with van der Waals surface area (Å²) in [5.74, 6) is 0. The summed E-state index contributed by atoms with van der Waals surface area (Å²) < 4.78 is -1.32. The van der Waals surface area contributed by atoms with Crippen LogP contribution in [0, 0.1) is 0 Å². The summed E-state index contributed by atoms with van der Waals surface area (Å²) in [5, 5.41) is -0.433. The van der Waals surface area contributed by atoms with Gasteiger partial charge in [0.05, 0.1) is 5.38 Å². The Labute approximate surface area is 67.4 Å². The van der Waals surface area contributed by atoms with Crippen molar-refractivity contribution in [1.82, 2.24) is 0 Å². The Morgan fingerprint density at radius 2 is 1.38 bits per heavy atom. The number of halogens is 5. The third-order valence-electron chi connectivity index (χ3n) is 0.451. The molecule has 0 saturated heterocycles. The predicted molar refractivity (Wildman–Crippen MR) is 38.1 cm³/mol. The van der Waals surface area contributed by atoms with E-state index in [4.69, 9.17) is 46.4 Å². The van der Waals surface area contributed by atoms with Crippen LogP contribution in [-0.2, 0) is 0 Å². The van der Waals surface area contributed by atoms with Gasteiger partial charge >= 0.3 is 0 Å². The quantitative estimate of drug-likeness (QED) is 0.529. The Hall–Kier alpha value is 1.09. The zero-order chi connectivity index (χ0) is 6.08. The summed E-state index contributed by atoms with van der Waals surface area (Å²) in [5.41, 5.74) is 0. The molecule has 52 valence electrons. The highest BCUT2D eigenvalue weighted by Gasteiger charge is 2.25. The molecule has 0 spiro atoms. The minimum Gasteiger partial charge on any atom is -0.269 e. The van der Waals surface area contributed by atoms with Crippen LogP contribution in [-0.4, -0.2) is 9.17 Å². The third-order valence-corrected chi connectivity index (χ3v) is 2.10. The summed E-state index contributed by atoms with van der Waals surface area (Å²) in [4.78, 5) is 0. The molecular weight excluding hydrogens is 197 g/mol. The molecule has 0 aromatic heterocycles. The Morgan fingerprint density at radius 3 is 1.38 bits per heavy atom. The van der Waals surface area contributed by atoms with Crippen LogP contribution in [0.15, 0.2) is 0 Å². The molecule has 0 aliphatic heterocycles. The topological polar surface area (TPSA) is 0 Å². The van der Waals surface area contributed by atoms with Gasteiger partial charge in [0.2, 0.25) is 3.79 Å². The molecule has 0 aromatic rings. The molecule has 0 heterocycles. The Bertz CT molecular complexity index is 56.8. The molecule has 1 unspecified atom stereocenters. The average molecular weight is 202 g/mol. The van der Waals surface area contributed by atoms with Gasteiger partial charge < -0.3 is 0 Å². The molecule has 0 radical (unpaired) electrons. The highest BCUT2D eigenvalue weighted by atomic mass is 35.6. The lowest BCUT2D eigenvalue weighted by Gasteiger charge is -2.11. The van der Waals surface area contributed by atoms with Crippen molar-refractivity contribution >= 4 is 46.4 Å². The molecule has 0 amide bonds. The molecule has 0 N–H and O–H groups in total. The molecule has 0 saturated carbocycles. The lowest BCUT2D eigenvalue weighted by Crippen LogP contribution is -2.14. The SMILES string of the molecule is CC(Cl)C(Cl)(Cl)Cl.F. The molecule has 8 heavy (non-hydrogen) atoms. The minimum absolute atomic E-state index is 0. The highest BCUT2D eigenvalue weighted by Crippen LogP contribution is 2.32. The second-order valence-corrected chi connectivity index (χ2v) is 4.18. The van der Waals surface area contributed by atoms with Crippen LogP contribution >= 0.6 is 46.4 Å². The van der Waals surface area contributed by atoms with E-state index in [9.17, 15) is 0 Å². The van der Waals surface area contributed by atoms with Crippen molar-refractivity contribution in [3.8, 4) is 0 Å². The van der Waals surface area contributed by atoms with E-state index < -0.39 is 9.17 Å². The van der Waals surface area contributed by atoms with Crippen molar-refractivity contribution in [3.05, 3.63) is 0 Å². The van der Waals surface area contributed by atoms with Gasteiger partial charge in [-0.3, -0.25) is 4.70 Å². The van der Waals surface area contributed by atoms with Crippen LogP contribution < -0.4 is 0 Å². The second kappa shape index (κ2) is 3.99. The molecule has 0 rings (SSSR count). The fourth-order valence-electron chi connectivity index (χ4n) is 0. The van der Waals surface area contributed by atoms with Crippen LogP contribution in [0.25, 0.3) is 0 Å². The standard InChI is InChI=1S/C3H4Cl4.FH/c1-2(4)3(5,6)7;/h2H,1H3;1H. The van der Waals surface area contributed by atoms with Crippen molar-refractivity contribution in [2.45, 2.75) is 16.1 Å². The van der Waals surface area contributed by atoms with Gasteiger partial charge in [0.25, 0.3) is 0 Å². The Kier molecular flexibility index (Phi) is 5.91. The van der Waals surface area contributed by atoms with Crippen molar-refractivity contribution < 1.29 is 4.70 Å². The van der Waals surface area contributed by atoms with E-state index in [1.165, 1.54) is 0 Å². The average Bonchev–Trinajstić information content (AvgIpc) is 1.31. The summed E-state index contributed by atoms with van der Waals surface area (Å²) in [6.07, 6.45) is 0. The van der Waals surface area contributed by atoms with Gasteiger partial charge in [-0.25, -0.2) is 0 Å². The number of hydrogen-bond donors (Lipinski definition) is 0. The molecular formula is C3H5Cl4F. The first-order valence-corrected chi connectivity index (χ1v) is 3.22. The molecule has 0 nitrogen and oxygen atoms in total. The first kappa shape index (κ1) is 11.8. The zero-order valence-corrected chi connectivity index (χ0v) is 7.02. The van der Waals surface area contributed by atoms with Gasteiger partial charge in [0, 0.05) is 0 Å². The van der Waals surface area contributed by atoms with Gasteiger partial charge in [-0.05, 0) is 6.92 Å². The van der Waals surface area contributed by atoms with Crippen LogP contribution in [0.3, 0.4) is 0 Å². The smallest absolute Gasteiger partial charge is 0.206 e.